The summed E-state index contributed by atoms with van der Waals surface area (Å²) in [4.78, 5) is 28.8. The van der Waals surface area contributed by atoms with Crippen LogP contribution in [0.3, 0.4) is 0 Å². The number of anilines is 2. The van der Waals surface area contributed by atoms with E-state index in [1.165, 1.54) is 12.8 Å². The van der Waals surface area contributed by atoms with Gasteiger partial charge in [-0.25, -0.2) is 4.79 Å². The molecule has 2 unspecified atom stereocenters. The summed E-state index contributed by atoms with van der Waals surface area (Å²) in [6, 6.07) is 6.86. The van der Waals surface area contributed by atoms with E-state index in [9.17, 15) is 9.59 Å². The summed E-state index contributed by atoms with van der Waals surface area (Å²) in [5, 5.41) is 5.98. The summed E-state index contributed by atoms with van der Waals surface area (Å²) in [6.45, 7) is 1.62. The van der Waals surface area contributed by atoms with Crippen molar-refractivity contribution in [3.8, 4) is 0 Å². The van der Waals surface area contributed by atoms with Crippen LogP contribution in [0.1, 0.15) is 37.7 Å². The quantitative estimate of drug-likeness (QED) is 0.825. The lowest BCUT2D eigenvalue weighted by molar-refractivity contribution is -0.116. The highest BCUT2D eigenvalue weighted by atomic mass is 16.2. The minimum Gasteiger partial charge on any atom is -0.326 e. The van der Waals surface area contributed by atoms with Gasteiger partial charge in [-0.3, -0.25) is 9.69 Å². The summed E-state index contributed by atoms with van der Waals surface area (Å²) in [5.41, 5.74) is 2.77. The smallest absolute Gasteiger partial charge is 0.321 e. The molecule has 134 valence electrons. The molecule has 0 spiro atoms. The van der Waals surface area contributed by atoms with Crippen LogP contribution in [0.2, 0.25) is 0 Å². The molecule has 2 bridgehead atoms. The zero-order chi connectivity index (χ0) is 17.4. The number of carbonyl (C=O) groups is 2. The second-order valence-corrected chi connectivity index (χ2v) is 7.49. The predicted octanol–water partition coefficient (Wildman–Crippen LogP) is 2.66. The van der Waals surface area contributed by atoms with Crippen molar-refractivity contribution in [1.82, 2.24) is 9.80 Å². The first-order valence-electron chi connectivity index (χ1n) is 9.31. The van der Waals surface area contributed by atoms with E-state index < -0.39 is 0 Å². The molecule has 0 aromatic heterocycles. The molecule has 0 saturated carbocycles. The first-order chi connectivity index (χ1) is 12.1. The summed E-state index contributed by atoms with van der Waals surface area (Å²) < 4.78 is 0. The Labute approximate surface area is 148 Å². The molecule has 25 heavy (non-hydrogen) atoms. The second-order valence-electron chi connectivity index (χ2n) is 7.49. The Morgan fingerprint density at radius 1 is 1.20 bits per heavy atom. The average molecular weight is 342 g/mol. The van der Waals surface area contributed by atoms with Crippen molar-refractivity contribution >= 4 is 23.3 Å². The maximum absolute atomic E-state index is 12.7. The Morgan fingerprint density at radius 3 is 2.92 bits per heavy atom. The predicted molar refractivity (Wildman–Crippen MR) is 97.8 cm³/mol. The summed E-state index contributed by atoms with van der Waals surface area (Å²) in [5.74, 6) is 0.0688. The zero-order valence-electron chi connectivity index (χ0n) is 14.8. The average Bonchev–Trinajstić information content (AvgIpc) is 2.71. The molecule has 0 aliphatic carbocycles. The number of fused-ring (bicyclic) bond motifs is 3. The minimum absolute atomic E-state index is 0.0152. The largest absolute Gasteiger partial charge is 0.326 e. The van der Waals surface area contributed by atoms with E-state index in [1.54, 1.807) is 0 Å². The summed E-state index contributed by atoms with van der Waals surface area (Å²) in [6.07, 6.45) is 5.75. The number of nitrogens with one attached hydrogen (secondary N) is 2. The third kappa shape index (κ3) is 3.35. The van der Waals surface area contributed by atoms with E-state index in [-0.39, 0.29) is 11.9 Å². The van der Waals surface area contributed by atoms with Gasteiger partial charge in [0.05, 0.1) is 0 Å². The van der Waals surface area contributed by atoms with Gasteiger partial charge in [0.15, 0.2) is 0 Å². The molecule has 2 fully saturated rings. The number of nitrogens with zero attached hydrogens (tertiary/aromatic N) is 2. The molecule has 6 nitrogen and oxygen atoms in total. The van der Waals surface area contributed by atoms with Crippen LogP contribution < -0.4 is 10.6 Å². The van der Waals surface area contributed by atoms with Crippen LogP contribution in [0.15, 0.2) is 18.2 Å². The number of likely N-dealkylation sites (tertiary alicyclic amines) is 1. The molecule has 0 radical (unpaired) electrons. The fourth-order valence-corrected chi connectivity index (χ4v) is 4.35. The fraction of sp³-hybridized carbons (Fsp3) is 0.579. The van der Waals surface area contributed by atoms with Gasteiger partial charge in [0, 0.05) is 43.0 Å². The SMILES string of the molecule is CN1C2CCC1CN(C(=O)Nc1ccc3c(c1)CCCC(=O)N3)CC2. The topological polar surface area (TPSA) is 64.7 Å². The molecule has 2 atom stereocenters. The highest BCUT2D eigenvalue weighted by Gasteiger charge is 2.36. The number of rotatable bonds is 1. The lowest BCUT2D eigenvalue weighted by Crippen LogP contribution is -2.41. The highest BCUT2D eigenvalue weighted by Crippen LogP contribution is 2.29. The van der Waals surface area contributed by atoms with Crippen molar-refractivity contribution in [2.45, 2.75) is 50.6 Å². The van der Waals surface area contributed by atoms with Gasteiger partial charge in [0.2, 0.25) is 5.91 Å². The Hall–Kier alpha value is -2.08. The molecular weight excluding hydrogens is 316 g/mol. The molecule has 3 heterocycles. The van der Waals surface area contributed by atoms with Crippen LogP contribution in [-0.4, -0.2) is 54.0 Å². The molecule has 3 amide bonds. The third-order valence-electron chi connectivity index (χ3n) is 5.92. The van der Waals surface area contributed by atoms with Gasteiger partial charge in [0.25, 0.3) is 0 Å². The van der Waals surface area contributed by atoms with Crippen LogP contribution in [0, 0.1) is 0 Å². The molecule has 3 aliphatic rings. The van der Waals surface area contributed by atoms with Gasteiger partial charge in [-0.1, -0.05) is 0 Å². The lowest BCUT2D eigenvalue weighted by Gasteiger charge is -2.26. The Kier molecular flexibility index (Phi) is 4.37. The standard InChI is InChI=1S/C19H26N4O2/c1-22-15-6-7-16(22)12-23(10-9-15)19(25)20-14-5-8-17-13(11-14)3-2-4-18(24)21-17/h5,8,11,15-16H,2-4,6-7,9-10,12H2,1H3,(H,20,25)(H,21,24). The molecule has 6 heteroatoms. The third-order valence-corrected chi connectivity index (χ3v) is 5.92. The molecule has 2 N–H and O–H groups in total. The highest BCUT2D eigenvalue weighted by molar-refractivity contribution is 5.94. The minimum atomic E-state index is -0.0152. The van der Waals surface area contributed by atoms with Crippen molar-refractivity contribution in [3.05, 3.63) is 23.8 Å². The second kappa shape index (κ2) is 6.67. The van der Waals surface area contributed by atoms with E-state index >= 15 is 0 Å². The number of amides is 3. The number of urea groups is 1. The number of hydrogen-bond donors (Lipinski definition) is 2. The van der Waals surface area contributed by atoms with E-state index in [2.05, 4.69) is 22.6 Å². The molecule has 1 aromatic rings. The maximum Gasteiger partial charge on any atom is 0.321 e. The normalized spacial score (nSPS) is 26.4. The van der Waals surface area contributed by atoms with Crippen molar-refractivity contribution in [3.63, 3.8) is 0 Å². The van der Waals surface area contributed by atoms with Crippen molar-refractivity contribution in [2.75, 3.05) is 30.8 Å². The summed E-state index contributed by atoms with van der Waals surface area (Å²) >= 11 is 0. The number of likely N-dealkylation sites (N-methyl/N-ethyl adjacent to an activating group) is 1. The number of benzene rings is 1. The van der Waals surface area contributed by atoms with Gasteiger partial charge in [0.1, 0.15) is 0 Å². The molecule has 3 aliphatic heterocycles. The van der Waals surface area contributed by atoms with Gasteiger partial charge >= 0.3 is 6.03 Å². The first kappa shape index (κ1) is 16.4. The van der Waals surface area contributed by atoms with Gasteiger partial charge in [-0.05, 0) is 62.9 Å². The van der Waals surface area contributed by atoms with Crippen LogP contribution in [0.25, 0.3) is 0 Å². The Balaban J connectivity index is 1.44. The zero-order valence-corrected chi connectivity index (χ0v) is 14.8. The van der Waals surface area contributed by atoms with E-state index in [0.29, 0.717) is 18.5 Å². The van der Waals surface area contributed by atoms with E-state index in [0.717, 1.165) is 49.3 Å². The van der Waals surface area contributed by atoms with Crippen LogP contribution in [0.4, 0.5) is 16.2 Å². The van der Waals surface area contributed by atoms with Crippen molar-refractivity contribution < 1.29 is 9.59 Å². The van der Waals surface area contributed by atoms with E-state index in [1.807, 2.05) is 23.1 Å². The molecule has 4 rings (SSSR count). The molecule has 2 saturated heterocycles. The lowest BCUT2D eigenvalue weighted by atomic mass is 10.1. The van der Waals surface area contributed by atoms with Crippen LogP contribution in [0.5, 0.6) is 0 Å². The number of aryl methyl sites for hydroxylation is 1. The fourth-order valence-electron chi connectivity index (χ4n) is 4.35. The van der Waals surface area contributed by atoms with Gasteiger partial charge < -0.3 is 15.5 Å². The van der Waals surface area contributed by atoms with Crippen LogP contribution >= 0.6 is 0 Å². The van der Waals surface area contributed by atoms with Crippen LogP contribution in [-0.2, 0) is 11.2 Å². The summed E-state index contributed by atoms with van der Waals surface area (Å²) in [7, 11) is 2.19. The Bertz CT molecular complexity index is 690. The first-order valence-corrected chi connectivity index (χ1v) is 9.31. The number of hydrogen-bond acceptors (Lipinski definition) is 3. The monoisotopic (exact) mass is 342 g/mol. The van der Waals surface area contributed by atoms with Crippen molar-refractivity contribution in [1.29, 1.82) is 0 Å². The van der Waals surface area contributed by atoms with Crippen molar-refractivity contribution in [2.24, 2.45) is 0 Å². The Morgan fingerprint density at radius 2 is 2.04 bits per heavy atom. The van der Waals surface area contributed by atoms with E-state index in [4.69, 9.17) is 0 Å². The molecule has 1 aromatic carbocycles. The number of carbonyl (C=O) groups excluding carboxylic acids is 2. The van der Waals surface area contributed by atoms with Gasteiger partial charge in [-0.2, -0.15) is 0 Å². The molecular formula is C19H26N4O2. The van der Waals surface area contributed by atoms with Gasteiger partial charge in [-0.15, -0.1) is 0 Å². The maximum atomic E-state index is 12.7.